The Bertz CT molecular complexity index is 1030. The summed E-state index contributed by atoms with van der Waals surface area (Å²) in [7, 11) is 0. The van der Waals surface area contributed by atoms with Gasteiger partial charge < -0.3 is 9.88 Å². The Morgan fingerprint density at radius 3 is 3.04 bits per heavy atom. The molecule has 0 aliphatic carbocycles. The number of hydrogen-bond acceptors (Lipinski definition) is 6. The van der Waals surface area contributed by atoms with Crippen molar-refractivity contribution < 1.29 is 4.79 Å². The molecule has 130 valence electrons. The predicted octanol–water partition coefficient (Wildman–Crippen LogP) is 2.78. The molecule has 0 radical (unpaired) electrons. The molecule has 0 spiro atoms. The lowest BCUT2D eigenvalue weighted by atomic mass is 10.2. The highest BCUT2D eigenvalue weighted by Gasteiger charge is 2.33. The third-order valence-corrected chi connectivity index (χ3v) is 5.43. The number of hydrogen-bond donors (Lipinski definition) is 2. The Labute approximate surface area is 152 Å². The van der Waals surface area contributed by atoms with E-state index in [9.17, 15) is 4.79 Å². The van der Waals surface area contributed by atoms with Gasteiger partial charge in [0.2, 0.25) is 0 Å². The van der Waals surface area contributed by atoms with Gasteiger partial charge in [0.05, 0.1) is 17.1 Å². The second-order valence-corrected chi connectivity index (χ2v) is 7.03. The van der Waals surface area contributed by atoms with E-state index in [1.54, 1.807) is 5.38 Å². The first-order valence-corrected chi connectivity index (χ1v) is 9.24. The van der Waals surface area contributed by atoms with Crippen molar-refractivity contribution in [1.29, 1.82) is 0 Å². The van der Waals surface area contributed by atoms with Crippen molar-refractivity contribution >= 4 is 28.3 Å². The molecule has 1 aliphatic heterocycles. The van der Waals surface area contributed by atoms with E-state index in [4.69, 9.17) is 0 Å². The molecule has 0 bridgehead atoms. The maximum absolute atomic E-state index is 13.0. The van der Waals surface area contributed by atoms with Crippen LogP contribution in [0.25, 0.3) is 21.9 Å². The number of para-hydroxylation sites is 2. The van der Waals surface area contributed by atoms with Crippen LogP contribution in [-0.4, -0.2) is 47.5 Å². The third kappa shape index (κ3) is 2.48. The normalized spacial score (nSPS) is 17.2. The van der Waals surface area contributed by atoms with Crippen molar-refractivity contribution in [1.82, 2.24) is 35.0 Å². The zero-order valence-corrected chi connectivity index (χ0v) is 14.5. The molecule has 9 heteroatoms. The van der Waals surface area contributed by atoms with Crippen molar-refractivity contribution in [3.8, 4) is 10.8 Å². The summed E-state index contributed by atoms with van der Waals surface area (Å²) >= 11 is 1.38. The Balaban J connectivity index is 1.44. The van der Waals surface area contributed by atoms with Crippen LogP contribution >= 0.6 is 11.3 Å². The SMILES string of the molecule is O=C(c1csc(-c2ncn[nH]2)n1)N1CCCC1c1nc2ccccc2[nH]1. The minimum absolute atomic E-state index is 0.0506. The summed E-state index contributed by atoms with van der Waals surface area (Å²) in [4.78, 5) is 31.4. The zero-order chi connectivity index (χ0) is 17.5. The van der Waals surface area contributed by atoms with Gasteiger partial charge in [-0.2, -0.15) is 5.10 Å². The van der Waals surface area contributed by atoms with Gasteiger partial charge >= 0.3 is 0 Å². The molecular formula is C17H15N7OS. The summed E-state index contributed by atoms with van der Waals surface area (Å²) in [5, 5.41) is 9.03. The molecule has 1 saturated heterocycles. The lowest BCUT2D eigenvalue weighted by Gasteiger charge is -2.22. The van der Waals surface area contributed by atoms with E-state index >= 15 is 0 Å². The van der Waals surface area contributed by atoms with Gasteiger partial charge in [-0.1, -0.05) is 12.1 Å². The molecule has 5 rings (SSSR count). The molecule has 26 heavy (non-hydrogen) atoms. The smallest absolute Gasteiger partial charge is 0.273 e. The minimum atomic E-state index is -0.0741. The fourth-order valence-electron chi connectivity index (χ4n) is 3.36. The minimum Gasteiger partial charge on any atom is -0.340 e. The Kier molecular flexibility index (Phi) is 3.52. The Hall–Kier alpha value is -3.07. The van der Waals surface area contributed by atoms with Crippen LogP contribution in [-0.2, 0) is 0 Å². The van der Waals surface area contributed by atoms with E-state index in [0.717, 1.165) is 29.7 Å². The number of imidazole rings is 1. The number of likely N-dealkylation sites (tertiary alicyclic amines) is 1. The highest BCUT2D eigenvalue weighted by Crippen LogP contribution is 2.33. The standard InChI is InChI=1S/C17H15N7OS/c25-17(12-8-26-16(22-12)15-18-9-19-23-15)24-7-3-6-13(24)14-20-10-4-1-2-5-11(10)21-14/h1-2,4-5,8-9,13H,3,6-7H2,(H,20,21)(H,18,19,23). The molecule has 0 saturated carbocycles. The van der Waals surface area contributed by atoms with Crippen molar-refractivity contribution in [3.63, 3.8) is 0 Å². The molecule has 1 unspecified atom stereocenters. The topological polar surface area (TPSA) is 103 Å². The van der Waals surface area contributed by atoms with Gasteiger partial charge in [-0.15, -0.1) is 11.3 Å². The highest BCUT2D eigenvalue weighted by atomic mass is 32.1. The number of fused-ring (bicyclic) bond motifs is 1. The van der Waals surface area contributed by atoms with Gasteiger partial charge in [-0.25, -0.2) is 15.0 Å². The van der Waals surface area contributed by atoms with Crippen LogP contribution in [0.3, 0.4) is 0 Å². The number of amides is 1. The van der Waals surface area contributed by atoms with E-state index in [0.29, 0.717) is 23.1 Å². The van der Waals surface area contributed by atoms with Crippen LogP contribution in [0.2, 0.25) is 0 Å². The summed E-state index contributed by atoms with van der Waals surface area (Å²) in [5.41, 5.74) is 2.34. The monoisotopic (exact) mass is 365 g/mol. The molecule has 3 aromatic heterocycles. The van der Waals surface area contributed by atoms with Crippen LogP contribution in [0, 0.1) is 0 Å². The summed E-state index contributed by atoms with van der Waals surface area (Å²) in [6.45, 7) is 0.704. The predicted molar refractivity (Wildman–Crippen MR) is 96.6 cm³/mol. The van der Waals surface area contributed by atoms with E-state index in [1.807, 2.05) is 29.2 Å². The first-order chi connectivity index (χ1) is 12.8. The largest absolute Gasteiger partial charge is 0.340 e. The van der Waals surface area contributed by atoms with Gasteiger partial charge in [0.1, 0.15) is 17.8 Å². The molecule has 4 aromatic rings. The van der Waals surface area contributed by atoms with Gasteiger partial charge in [0.25, 0.3) is 5.91 Å². The van der Waals surface area contributed by atoms with E-state index in [1.165, 1.54) is 17.7 Å². The number of thiazole rings is 1. The van der Waals surface area contributed by atoms with Crippen molar-refractivity contribution in [3.05, 3.63) is 47.5 Å². The molecule has 1 amide bonds. The number of benzene rings is 1. The second kappa shape index (κ2) is 6.03. The molecule has 8 nitrogen and oxygen atoms in total. The third-order valence-electron chi connectivity index (χ3n) is 4.58. The van der Waals surface area contributed by atoms with E-state index in [-0.39, 0.29) is 11.9 Å². The first kappa shape index (κ1) is 15.2. The van der Waals surface area contributed by atoms with Crippen molar-refractivity contribution in [2.24, 2.45) is 0 Å². The average molecular weight is 365 g/mol. The number of H-pyrrole nitrogens is 2. The maximum Gasteiger partial charge on any atom is 0.273 e. The molecule has 2 N–H and O–H groups in total. The molecule has 4 heterocycles. The van der Waals surface area contributed by atoms with Crippen LogP contribution in [0.4, 0.5) is 0 Å². The lowest BCUT2D eigenvalue weighted by molar-refractivity contribution is 0.0725. The Morgan fingerprint density at radius 1 is 1.27 bits per heavy atom. The number of carbonyl (C=O) groups excluding carboxylic acids is 1. The number of aromatic amines is 2. The molecule has 1 fully saturated rings. The fraction of sp³-hybridized carbons (Fsp3) is 0.235. The average Bonchev–Trinajstić information content (AvgIpc) is 3.47. The highest BCUT2D eigenvalue weighted by molar-refractivity contribution is 7.13. The van der Waals surface area contributed by atoms with E-state index < -0.39 is 0 Å². The van der Waals surface area contributed by atoms with Gasteiger partial charge in [0, 0.05) is 11.9 Å². The lowest BCUT2D eigenvalue weighted by Crippen LogP contribution is -2.31. The zero-order valence-electron chi connectivity index (χ0n) is 13.7. The number of rotatable bonds is 3. The van der Waals surface area contributed by atoms with E-state index in [2.05, 4.69) is 30.1 Å². The van der Waals surface area contributed by atoms with Crippen LogP contribution in [0.5, 0.6) is 0 Å². The van der Waals surface area contributed by atoms with Crippen LogP contribution in [0.15, 0.2) is 36.0 Å². The summed E-state index contributed by atoms with van der Waals surface area (Å²) in [6.07, 6.45) is 3.27. The molecule has 1 aromatic carbocycles. The Morgan fingerprint density at radius 2 is 2.19 bits per heavy atom. The summed E-state index contributed by atoms with van der Waals surface area (Å²) in [6, 6.07) is 7.86. The van der Waals surface area contributed by atoms with Crippen molar-refractivity contribution in [2.45, 2.75) is 18.9 Å². The van der Waals surface area contributed by atoms with Gasteiger partial charge in [-0.3, -0.25) is 9.89 Å². The number of aromatic nitrogens is 6. The molecule has 1 atom stereocenters. The number of nitrogens with one attached hydrogen (secondary N) is 2. The molecular weight excluding hydrogens is 350 g/mol. The number of carbonyl (C=O) groups is 1. The first-order valence-electron chi connectivity index (χ1n) is 8.36. The quantitative estimate of drug-likeness (QED) is 0.581. The summed E-state index contributed by atoms with van der Waals surface area (Å²) < 4.78 is 0. The van der Waals surface area contributed by atoms with Crippen LogP contribution < -0.4 is 0 Å². The maximum atomic E-state index is 13.0. The molecule has 1 aliphatic rings. The van der Waals surface area contributed by atoms with Gasteiger partial charge in [0.15, 0.2) is 10.8 Å². The number of nitrogens with zero attached hydrogens (tertiary/aromatic N) is 5. The summed E-state index contributed by atoms with van der Waals surface area (Å²) in [5.74, 6) is 1.34. The van der Waals surface area contributed by atoms with Crippen molar-refractivity contribution in [2.75, 3.05) is 6.54 Å². The fourth-order valence-corrected chi connectivity index (χ4v) is 4.10. The second-order valence-electron chi connectivity index (χ2n) is 6.17. The van der Waals surface area contributed by atoms with Crippen LogP contribution in [0.1, 0.15) is 35.2 Å². The van der Waals surface area contributed by atoms with Gasteiger partial charge in [-0.05, 0) is 25.0 Å².